The fraction of sp³-hybridized carbons (Fsp3) is 0.412. The van der Waals surface area contributed by atoms with E-state index in [9.17, 15) is 18.0 Å². The van der Waals surface area contributed by atoms with Crippen LogP contribution < -0.4 is 0 Å². The second-order valence-corrected chi connectivity index (χ2v) is 7.24. The van der Waals surface area contributed by atoms with Crippen LogP contribution in [0.2, 0.25) is 0 Å². The highest BCUT2D eigenvalue weighted by Crippen LogP contribution is 2.38. The molecule has 0 fully saturated rings. The maximum Gasteiger partial charge on any atom is 0.435 e. The van der Waals surface area contributed by atoms with Gasteiger partial charge in [-0.3, -0.25) is 0 Å². The van der Waals surface area contributed by atoms with Crippen molar-refractivity contribution in [3.05, 3.63) is 40.4 Å². The molecule has 7 heteroatoms. The molecule has 2 aromatic rings. The zero-order valence-corrected chi connectivity index (χ0v) is 14.6. The van der Waals surface area contributed by atoms with Crippen LogP contribution in [0.25, 0.3) is 10.6 Å². The number of benzene rings is 1. The van der Waals surface area contributed by atoms with Crippen LogP contribution in [0, 0.1) is 0 Å². The molecule has 0 amide bonds. The summed E-state index contributed by atoms with van der Waals surface area (Å²) >= 11 is 0.695. The highest BCUT2D eigenvalue weighted by molar-refractivity contribution is 7.17. The van der Waals surface area contributed by atoms with Gasteiger partial charge in [-0.1, -0.05) is 45.0 Å². The molecular formula is C17H18F3NO2S. The average Bonchev–Trinajstić information content (AvgIpc) is 2.92. The summed E-state index contributed by atoms with van der Waals surface area (Å²) in [6, 6.07) is 7.14. The molecule has 0 spiro atoms. The van der Waals surface area contributed by atoms with E-state index in [1.807, 2.05) is 32.9 Å². The van der Waals surface area contributed by atoms with Crippen LogP contribution in [0.15, 0.2) is 24.3 Å². The number of halogens is 3. The molecule has 0 atom stereocenters. The molecule has 3 nitrogen and oxygen atoms in total. The summed E-state index contributed by atoms with van der Waals surface area (Å²) in [5, 5.41) is 0.144. The van der Waals surface area contributed by atoms with E-state index in [4.69, 9.17) is 4.74 Å². The van der Waals surface area contributed by atoms with Gasteiger partial charge in [-0.2, -0.15) is 13.2 Å². The topological polar surface area (TPSA) is 39.2 Å². The third kappa shape index (κ3) is 3.95. The van der Waals surface area contributed by atoms with Crippen molar-refractivity contribution in [3.8, 4) is 10.6 Å². The van der Waals surface area contributed by atoms with Gasteiger partial charge in [0.15, 0.2) is 5.69 Å². The number of carbonyl (C=O) groups excluding carboxylic acids is 1. The summed E-state index contributed by atoms with van der Waals surface area (Å²) in [5.74, 6) is -1.00. The lowest BCUT2D eigenvalue weighted by Crippen LogP contribution is -2.13. The normalized spacial score (nSPS) is 12.3. The Kier molecular flexibility index (Phi) is 5.03. The first kappa shape index (κ1) is 18.4. The van der Waals surface area contributed by atoms with Crippen molar-refractivity contribution in [1.29, 1.82) is 0 Å². The van der Waals surface area contributed by atoms with Gasteiger partial charge in [-0.05, 0) is 17.9 Å². The van der Waals surface area contributed by atoms with E-state index in [-0.39, 0.29) is 17.0 Å². The summed E-state index contributed by atoms with van der Waals surface area (Å²) in [6.07, 6.45) is -4.71. The van der Waals surface area contributed by atoms with Crippen LogP contribution in [0.4, 0.5) is 13.2 Å². The predicted octanol–water partition coefficient (Wildman–Crippen LogP) is 5.30. The molecule has 0 unspecified atom stereocenters. The van der Waals surface area contributed by atoms with Crippen LogP contribution in [-0.2, 0) is 16.3 Å². The minimum absolute atomic E-state index is 0.00361. The van der Waals surface area contributed by atoms with Gasteiger partial charge in [-0.15, -0.1) is 11.3 Å². The Bertz CT molecular complexity index is 728. The molecule has 0 saturated heterocycles. The van der Waals surface area contributed by atoms with Crippen molar-refractivity contribution >= 4 is 17.3 Å². The molecule has 0 bridgehead atoms. The summed E-state index contributed by atoms with van der Waals surface area (Å²) in [7, 11) is 0. The minimum atomic E-state index is -4.71. The number of thiazole rings is 1. The van der Waals surface area contributed by atoms with Crippen molar-refractivity contribution in [1.82, 2.24) is 4.98 Å². The maximum absolute atomic E-state index is 13.1. The van der Waals surface area contributed by atoms with E-state index in [0.717, 1.165) is 5.56 Å². The van der Waals surface area contributed by atoms with Crippen LogP contribution >= 0.6 is 11.3 Å². The summed E-state index contributed by atoms with van der Waals surface area (Å²) < 4.78 is 44.1. The number of nitrogens with zero attached hydrogens (tertiary/aromatic N) is 1. The fourth-order valence-electron chi connectivity index (χ4n) is 2.08. The SMILES string of the molecule is CCOC(=O)c1sc(-c2ccc(C(C)(C)C)cc2)nc1C(F)(F)F. The van der Waals surface area contributed by atoms with Gasteiger partial charge in [0, 0.05) is 5.56 Å². The molecule has 1 aromatic carbocycles. The number of alkyl halides is 3. The molecule has 24 heavy (non-hydrogen) atoms. The van der Waals surface area contributed by atoms with Crippen LogP contribution in [-0.4, -0.2) is 17.6 Å². The molecule has 0 aliphatic heterocycles. The Morgan fingerprint density at radius 3 is 2.21 bits per heavy atom. The second-order valence-electron chi connectivity index (χ2n) is 6.24. The number of rotatable bonds is 3. The molecule has 0 aliphatic rings. The molecule has 0 aliphatic carbocycles. The van der Waals surface area contributed by atoms with Gasteiger partial charge < -0.3 is 4.74 Å². The van der Waals surface area contributed by atoms with Crippen molar-refractivity contribution in [2.24, 2.45) is 0 Å². The lowest BCUT2D eigenvalue weighted by atomic mass is 9.87. The largest absolute Gasteiger partial charge is 0.462 e. The molecule has 1 aromatic heterocycles. The quantitative estimate of drug-likeness (QED) is 0.700. The van der Waals surface area contributed by atoms with Crippen LogP contribution in [0.1, 0.15) is 48.6 Å². The first-order valence-electron chi connectivity index (χ1n) is 7.40. The zero-order valence-electron chi connectivity index (χ0n) is 13.8. The molecule has 0 radical (unpaired) electrons. The first-order valence-corrected chi connectivity index (χ1v) is 8.21. The predicted molar refractivity (Wildman–Crippen MR) is 87.2 cm³/mol. The van der Waals surface area contributed by atoms with E-state index < -0.39 is 22.7 Å². The van der Waals surface area contributed by atoms with Crippen molar-refractivity contribution in [2.75, 3.05) is 6.61 Å². The van der Waals surface area contributed by atoms with E-state index >= 15 is 0 Å². The molecule has 1 heterocycles. The number of aromatic nitrogens is 1. The maximum atomic E-state index is 13.1. The van der Waals surface area contributed by atoms with Crippen molar-refractivity contribution < 1.29 is 22.7 Å². The molecule has 2 rings (SSSR count). The van der Waals surface area contributed by atoms with Gasteiger partial charge in [0.2, 0.25) is 0 Å². The monoisotopic (exact) mass is 357 g/mol. The molecular weight excluding hydrogens is 339 g/mol. The smallest absolute Gasteiger partial charge is 0.435 e. The van der Waals surface area contributed by atoms with Gasteiger partial charge in [0.05, 0.1) is 6.61 Å². The Morgan fingerprint density at radius 2 is 1.75 bits per heavy atom. The van der Waals surface area contributed by atoms with E-state index in [1.54, 1.807) is 19.1 Å². The Balaban J connectivity index is 2.46. The van der Waals surface area contributed by atoms with Gasteiger partial charge >= 0.3 is 12.1 Å². The van der Waals surface area contributed by atoms with E-state index in [2.05, 4.69) is 4.98 Å². The van der Waals surface area contributed by atoms with Crippen molar-refractivity contribution in [3.63, 3.8) is 0 Å². The van der Waals surface area contributed by atoms with Gasteiger partial charge in [-0.25, -0.2) is 9.78 Å². The fourth-order valence-corrected chi connectivity index (χ4v) is 3.07. The number of hydrogen-bond donors (Lipinski definition) is 0. The molecule has 0 saturated carbocycles. The Morgan fingerprint density at radius 1 is 1.17 bits per heavy atom. The summed E-state index contributed by atoms with van der Waals surface area (Å²) in [4.78, 5) is 14.9. The van der Waals surface area contributed by atoms with E-state index in [1.165, 1.54) is 0 Å². The second kappa shape index (κ2) is 6.55. The number of esters is 1. The van der Waals surface area contributed by atoms with Crippen LogP contribution in [0.5, 0.6) is 0 Å². The first-order chi connectivity index (χ1) is 11.0. The molecule has 130 valence electrons. The highest BCUT2D eigenvalue weighted by Gasteiger charge is 2.40. The standard InChI is InChI=1S/C17H18F3NO2S/c1-5-23-15(22)12-13(17(18,19)20)21-14(24-12)10-6-8-11(9-7-10)16(2,3)4/h6-9H,5H2,1-4H3. The van der Waals surface area contributed by atoms with E-state index in [0.29, 0.717) is 16.9 Å². The lowest BCUT2D eigenvalue weighted by Gasteiger charge is -2.18. The zero-order chi connectivity index (χ0) is 18.1. The summed E-state index contributed by atoms with van der Waals surface area (Å²) in [5.41, 5.74) is 0.341. The van der Waals surface area contributed by atoms with Gasteiger partial charge in [0.1, 0.15) is 9.88 Å². The Labute approximate surface area is 142 Å². The number of hydrogen-bond acceptors (Lipinski definition) is 4. The molecule has 0 N–H and O–H groups in total. The lowest BCUT2D eigenvalue weighted by molar-refractivity contribution is -0.141. The van der Waals surface area contributed by atoms with Crippen molar-refractivity contribution in [2.45, 2.75) is 39.3 Å². The summed E-state index contributed by atoms with van der Waals surface area (Å²) in [6.45, 7) is 7.69. The Hall–Kier alpha value is -1.89. The number of ether oxygens (including phenoxy) is 1. The third-order valence-corrected chi connectivity index (χ3v) is 4.44. The minimum Gasteiger partial charge on any atom is -0.462 e. The third-order valence-electron chi connectivity index (χ3n) is 3.35. The van der Waals surface area contributed by atoms with Gasteiger partial charge in [0.25, 0.3) is 0 Å². The average molecular weight is 357 g/mol. The highest BCUT2D eigenvalue weighted by atomic mass is 32.1. The van der Waals surface area contributed by atoms with Crippen LogP contribution in [0.3, 0.4) is 0 Å². The number of carbonyl (C=O) groups is 1.